The van der Waals surface area contributed by atoms with Gasteiger partial charge in [0.1, 0.15) is 6.04 Å². The van der Waals surface area contributed by atoms with Crippen molar-refractivity contribution >= 4 is 11.8 Å². The van der Waals surface area contributed by atoms with E-state index in [4.69, 9.17) is 15.9 Å². The molecule has 0 aromatic carbocycles. The Hall–Kier alpha value is -1.40. The van der Waals surface area contributed by atoms with E-state index < -0.39 is 17.8 Å². The van der Waals surface area contributed by atoms with Crippen LogP contribution in [0.25, 0.3) is 0 Å². The summed E-state index contributed by atoms with van der Waals surface area (Å²) in [4.78, 5) is 23.0. The number of nitrogens with zero attached hydrogens (tertiary/aromatic N) is 1. The molecule has 6 heteroatoms. The third-order valence-corrected chi connectivity index (χ3v) is 1.97. The highest BCUT2D eigenvalue weighted by molar-refractivity contribution is 5.95. The fourth-order valence-corrected chi connectivity index (χ4v) is 1.17. The zero-order valence-corrected chi connectivity index (χ0v) is 7.51. The topological polar surface area (TPSA) is 104 Å². The molecule has 1 aliphatic heterocycles. The summed E-state index contributed by atoms with van der Waals surface area (Å²) < 4.78 is 0. The molecule has 0 aromatic rings. The smallest absolute Gasteiger partial charge is 0.321 e. The number of carboxylic acids is 1. The molecule has 0 fully saturated rings. The number of ketones is 1. The lowest BCUT2D eigenvalue weighted by atomic mass is 10.2. The molecule has 1 heterocycles. The maximum absolute atomic E-state index is 11.0. The lowest BCUT2D eigenvalue weighted by Crippen LogP contribution is -2.46. The number of nitrogens with two attached hydrogens (primary N) is 1. The average molecular weight is 200 g/mol. The highest BCUT2D eigenvalue weighted by Gasteiger charge is 2.22. The summed E-state index contributed by atoms with van der Waals surface area (Å²) in [5.41, 5.74) is 5.29. The minimum Gasteiger partial charge on any atom is -0.505 e. The molecule has 0 saturated carbocycles. The quantitative estimate of drug-likeness (QED) is 0.524. The zero-order chi connectivity index (χ0) is 10.7. The van der Waals surface area contributed by atoms with Gasteiger partial charge in [-0.15, -0.1) is 0 Å². The second-order valence-corrected chi connectivity index (χ2v) is 3.15. The number of hydrogen-bond acceptors (Lipinski definition) is 5. The second kappa shape index (κ2) is 4.21. The van der Waals surface area contributed by atoms with Crippen LogP contribution in [-0.4, -0.2) is 52.5 Å². The van der Waals surface area contributed by atoms with Gasteiger partial charge in [-0.1, -0.05) is 0 Å². The van der Waals surface area contributed by atoms with Gasteiger partial charge in [0, 0.05) is 13.1 Å². The number of aliphatic hydroxyl groups is 1. The number of carbonyl (C=O) groups excluding carboxylic acids is 1. The van der Waals surface area contributed by atoms with Gasteiger partial charge in [0.15, 0.2) is 5.76 Å². The third-order valence-electron chi connectivity index (χ3n) is 1.97. The van der Waals surface area contributed by atoms with Crippen LogP contribution in [0.5, 0.6) is 0 Å². The zero-order valence-electron chi connectivity index (χ0n) is 7.51. The van der Waals surface area contributed by atoms with Crippen LogP contribution in [0, 0.1) is 0 Å². The van der Waals surface area contributed by atoms with Crippen molar-refractivity contribution in [1.82, 2.24) is 4.90 Å². The standard InChI is InChI=1S/C8H12N2O4/c9-5(8(13)14)3-10-2-1-6(11)7(12)4-10/h1,5,11H,2-4,9H2,(H,13,14)/t5-/m0/s1. The molecule has 6 nitrogen and oxygen atoms in total. The Balaban J connectivity index is 2.50. The Morgan fingerprint density at radius 3 is 2.86 bits per heavy atom. The summed E-state index contributed by atoms with van der Waals surface area (Å²) >= 11 is 0. The molecule has 1 rings (SSSR count). The monoisotopic (exact) mass is 200 g/mol. The summed E-state index contributed by atoms with van der Waals surface area (Å²) in [5, 5.41) is 17.5. The van der Waals surface area contributed by atoms with Crippen molar-refractivity contribution in [2.24, 2.45) is 5.73 Å². The highest BCUT2D eigenvalue weighted by Crippen LogP contribution is 2.04. The van der Waals surface area contributed by atoms with Crippen molar-refractivity contribution in [3.63, 3.8) is 0 Å². The normalized spacial score (nSPS) is 20.4. The molecular formula is C8H12N2O4. The van der Waals surface area contributed by atoms with Crippen molar-refractivity contribution in [2.45, 2.75) is 6.04 Å². The predicted molar refractivity (Wildman–Crippen MR) is 47.8 cm³/mol. The molecule has 0 radical (unpaired) electrons. The number of carboxylic acid groups (broad SMARTS) is 1. The van der Waals surface area contributed by atoms with E-state index >= 15 is 0 Å². The van der Waals surface area contributed by atoms with E-state index in [1.807, 2.05) is 0 Å². The molecule has 14 heavy (non-hydrogen) atoms. The van der Waals surface area contributed by atoms with Gasteiger partial charge in [0.2, 0.25) is 5.78 Å². The molecule has 0 spiro atoms. The van der Waals surface area contributed by atoms with E-state index in [1.165, 1.54) is 6.08 Å². The molecule has 0 aromatic heterocycles. The second-order valence-electron chi connectivity index (χ2n) is 3.15. The minimum atomic E-state index is -1.10. The Morgan fingerprint density at radius 2 is 2.36 bits per heavy atom. The summed E-state index contributed by atoms with van der Waals surface area (Å²) in [7, 11) is 0. The number of aliphatic hydroxyl groups excluding tert-OH is 1. The molecule has 1 aliphatic rings. The van der Waals surface area contributed by atoms with Gasteiger partial charge in [0.05, 0.1) is 6.54 Å². The number of Topliss-reactive ketones (excluding diaryl/α,β-unsaturated/α-hetero) is 1. The minimum absolute atomic E-state index is 0.0172. The van der Waals surface area contributed by atoms with Crippen LogP contribution in [0.4, 0.5) is 0 Å². The molecule has 0 unspecified atom stereocenters. The van der Waals surface area contributed by atoms with Gasteiger partial charge in [0.25, 0.3) is 0 Å². The number of hydrogen-bond donors (Lipinski definition) is 3. The molecule has 4 N–H and O–H groups in total. The lowest BCUT2D eigenvalue weighted by Gasteiger charge is -2.24. The SMILES string of the molecule is N[C@@H](CN1CC=C(O)C(=O)C1)C(=O)O. The first-order valence-electron chi connectivity index (χ1n) is 4.13. The molecule has 0 aliphatic carbocycles. The Labute approximate surface area is 80.6 Å². The van der Waals surface area contributed by atoms with Crippen LogP contribution in [0.15, 0.2) is 11.8 Å². The molecular weight excluding hydrogens is 188 g/mol. The van der Waals surface area contributed by atoms with E-state index in [2.05, 4.69) is 0 Å². The number of carbonyl (C=O) groups is 2. The van der Waals surface area contributed by atoms with Crippen LogP contribution in [0.1, 0.15) is 0 Å². The van der Waals surface area contributed by atoms with Gasteiger partial charge in [-0.3, -0.25) is 14.5 Å². The Kier molecular flexibility index (Phi) is 3.21. The van der Waals surface area contributed by atoms with Crippen molar-refractivity contribution in [2.75, 3.05) is 19.6 Å². The first-order valence-corrected chi connectivity index (χ1v) is 4.13. The van der Waals surface area contributed by atoms with E-state index in [9.17, 15) is 9.59 Å². The Morgan fingerprint density at radius 1 is 1.71 bits per heavy atom. The fourth-order valence-electron chi connectivity index (χ4n) is 1.17. The van der Waals surface area contributed by atoms with Crippen molar-refractivity contribution in [1.29, 1.82) is 0 Å². The molecule has 0 amide bonds. The van der Waals surface area contributed by atoms with Crippen LogP contribution in [0.2, 0.25) is 0 Å². The van der Waals surface area contributed by atoms with Crippen molar-refractivity contribution in [3.8, 4) is 0 Å². The first-order chi connectivity index (χ1) is 6.50. The van der Waals surface area contributed by atoms with Crippen LogP contribution in [-0.2, 0) is 9.59 Å². The average Bonchev–Trinajstić information content (AvgIpc) is 2.11. The maximum atomic E-state index is 11.0. The fraction of sp³-hybridized carbons (Fsp3) is 0.500. The van der Waals surface area contributed by atoms with E-state index in [1.54, 1.807) is 4.90 Å². The molecule has 78 valence electrons. The van der Waals surface area contributed by atoms with Gasteiger partial charge in [-0.05, 0) is 6.08 Å². The summed E-state index contributed by atoms with van der Waals surface area (Å²) in [6, 6.07) is -1.00. The van der Waals surface area contributed by atoms with Gasteiger partial charge in [-0.25, -0.2) is 0 Å². The molecule has 0 bridgehead atoms. The van der Waals surface area contributed by atoms with Gasteiger partial charge >= 0.3 is 5.97 Å². The Bertz CT molecular complexity index is 287. The van der Waals surface area contributed by atoms with Gasteiger partial charge < -0.3 is 15.9 Å². The largest absolute Gasteiger partial charge is 0.505 e. The maximum Gasteiger partial charge on any atom is 0.321 e. The van der Waals surface area contributed by atoms with E-state index in [0.29, 0.717) is 6.54 Å². The van der Waals surface area contributed by atoms with Crippen molar-refractivity contribution in [3.05, 3.63) is 11.8 Å². The summed E-state index contributed by atoms with van der Waals surface area (Å²) in [5.74, 6) is -1.77. The summed E-state index contributed by atoms with van der Waals surface area (Å²) in [6.07, 6.45) is 1.35. The number of aliphatic carboxylic acids is 1. The third kappa shape index (κ3) is 2.54. The number of rotatable bonds is 3. The van der Waals surface area contributed by atoms with E-state index in [0.717, 1.165) is 0 Å². The van der Waals surface area contributed by atoms with Crippen molar-refractivity contribution < 1.29 is 19.8 Å². The lowest BCUT2D eigenvalue weighted by molar-refractivity contribution is -0.139. The molecule has 0 saturated heterocycles. The predicted octanol–water partition coefficient (Wildman–Crippen LogP) is -1.28. The van der Waals surface area contributed by atoms with Crippen LogP contribution < -0.4 is 5.73 Å². The van der Waals surface area contributed by atoms with E-state index in [-0.39, 0.29) is 18.8 Å². The highest BCUT2D eigenvalue weighted by atomic mass is 16.4. The summed E-state index contributed by atoms with van der Waals surface area (Å²) in [6.45, 7) is 0.465. The first kappa shape index (κ1) is 10.7. The van der Waals surface area contributed by atoms with Crippen LogP contribution in [0.3, 0.4) is 0 Å². The molecule has 1 atom stereocenters. The van der Waals surface area contributed by atoms with Gasteiger partial charge in [-0.2, -0.15) is 0 Å². The van der Waals surface area contributed by atoms with Crippen LogP contribution >= 0.6 is 0 Å².